The van der Waals surface area contributed by atoms with Crippen molar-refractivity contribution in [2.75, 3.05) is 49.2 Å². The van der Waals surface area contributed by atoms with E-state index >= 15 is 0 Å². The third kappa shape index (κ3) is 6.08. The largest absolute Gasteiger partial charge is 0.491 e. The molecule has 4 heterocycles. The Morgan fingerprint density at radius 3 is 2.13 bits per heavy atom. The van der Waals surface area contributed by atoms with Crippen molar-refractivity contribution >= 4 is 11.4 Å². The topological polar surface area (TPSA) is 105 Å². The number of aromatic nitrogens is 6. The van der Waals surface area contributed by atoms with Crippen LogP contribution in [0.4, 0.5) is 11.4 Å². The van der Waals surface area contributed by atoms with Crippen LogP contribution in [0, 0.1) is 5.92 Å². The van der Waals surface area contributed by atoms with Gasteiger partial charge in [-0.15, -0.1) is 0 Å². The van der Waals surface area contributed by atoms with E-state index in [1.165, 1.54) is 12.1 Å². The molecule has 3 fully saturated rings. The lowest BCUT2D eigenvalue weighted by atomic mass is 9.78. The van der Waals surface area contributed by atoms with Gasteiger partial charge < -0.3 is 24.0 Å². The molecule has 12 heteroatoms. The number of hydrogen-bond donors (Lipinski definition) is 0. The Balaban J connectivity index is 0.897. The molecule has 2 aliphatic heterocycles. The molecule has 0 amide bonds. The second-order valence-electron chi connectivity index (χ2n) is 12.3. The lowest BCUT2D eigenvalue weighted by molar-refractivity contribution is -0.233. The summed E-state index contributed by atoms with van der Waals surface area (Å²) in [5, 5.41) is 12.8. The van der Waals surface area contributed by atoms with Crippen LogP contribution >= 0.6 is 0 Å². The molecule has 2 aromatic heterocycles. The third-order valence-corrected chi connectivity index (χ3v) is 9.55. The second kappa shape index (κ2) is 12.7. The Morgan fingerprint density at radius 2 is 1.53 bits per heavy atom. The van der Waals surface area contributed by atoms with Gasteiger partial charge in [0.25, 0.3) is 0 Å². The summed E-state index contributed by atoms with van der Waals surface area (Å²) in [5.74, 6) is 0.518. The average Bonchev–Trinajstić information content (AvgIpc) is 3.80. The van der Waals surface area contributed by atoms with Crippen LogP contribution in [-0.4, -0.2) is 80.6 Å². The smallest absolute Gasteiger partial charge is 0.350 e. The first-order valence-electron chi connectivity index (χ1n) is 16.2. The Bertz CT molecular complexity index is 1590. The molecule has 238 valence electrons. The molecule has 3 aliphatic rings. The van der Waals surface area contributed by atoms with Crippen molar-refractivity contribution < 1.29 is 14.2 Å². The van der Waals surface area contributed by atoms with E-state index in [2.05, 4.69) is 56.3 Å². The summed E-state index contributed by atoms with van der Waals surface area (Å²) >= 11 is 0. The van der Waals surface area contributed by atoms with E-state index in [0.717, 1.165) is 62.6 Å². The SMILES string of the molecule is CCC(C)n1ncn(-c2ccc(N3CCN(c4ccc(OC[C@@H]5CO[C@@](Cn6nccn6)(C6CCC6)O5)cc4)CC3)cc2)c1=O. The van der Waals surface area contributed by atoms with Gasteiger partial charge in [-0.3, -0.25) is 0 Å². The van der Waals surface area contributed by atoms with Crippen LogP contribution in [0.15, 0.2) is 72.0 Å². The van der Waals surface area contributed by atoms with Crippen molar-refractivity contribution in [3.05, 3.63) is 77.7 Å². The van der Waals surface area contributed by atoms with Crippen molar-refractivity contribution in [3.63, 3.8) is 0 Å². The first-order valence-corrected chi connectivity index (χ1v) is 16.2. The number of ether oxygens (including phenoxy) is 3. The fourth-order valence-electron chi connectivity index (χ4n) is 6.42. The van der Waals surface area contributed by atoms with Crippen molar-refractivity contribution in [2.45, 2.75) is 64.0 Å². The number of piperazine rings is 1. The molecule has 1 saturated carbocycles. The van der Waals surface area contributed by atoms with E-state index in [9.17, 15) is 4.79 Å². The maximum Gasteiger partial charge on any atom is 0.350 e. The van der Waals surface area contributed by atoms with E-state index in [0.29, 0.717) is 25.7 Å². The van der Waals surface area contributed by atoms with E-state index in [-0.39, 0.29) is 17.8 Å². The van der Waals surface area contributed by atoms with Crippen LogP contribution in [-0.2, 0) is 16.0 Å². The van der Waals surface area contributed by atoms with Gasteiger partial charge >= 0.3 is 5.69 Å². The Labute approximate surface area is 263 Å². The molecule has 0 spiro atoms. The molecule has 12 nitrogen and oxygen atoms in total. The van der Waals surface area contributed by atoms with Crippen LogP contribution in [0.3, 0.4) is 0 Å². The maximum absolute atomic E-state index is 12.8. The van der Waals surface area contributed by atoms with Crippen LogP contribution in [0.25, 0.3) is 5.69 Å². The van der Waals surface area contributed by atoms with Gasteiger partial charge in [-0.25, -0.2) is 14.0 Å². The molecular formula is C33H42N8O4. The third-order valence-electron chi connectivity index (χ3n) is 9.55. The molecule has 1 aliphatic carbocycles. The van der Waals surface area contributed by atoms with E-state index in [1.807, 2.05) is 31.2 Å². The fraction of sp³-hybridized carbons (Fsp3) is 0.515. The Hall–Kier alpha value is -4.16. The first kappa shape index (κ1) is 29.5. The summed E-state index contributed by atoms with van der Waals surface area (Å²) in [6.07, 6.45) is 9.12. The maximum atomic E-state index is 12.8. The molecule has 0 radical (unpaired) electrons. The van der Waals surface area contributed by atoms with Crippen molar-refractivity contribution in [1.29, 1.82) is 0 Å². The Morgan fingerprint density at radius 1 is 0.911 bits per heavy atom. The van der Waals surface area contributed by atoms with Gasteiger partial charge in [-0.2, -0.15) is 20.1 Å². The Kier molecular flexibility index (Phi) is 8.33. The summed E-state index contributed by atoms with van der Waals surface area (Å²) in [4.78, 5) is 19.2. The van der Waals surface area contributed by atoms with Crippen molar-refractivity contribution in [3.8, 4) is 11.4 Å². The van der Waals surface area contributed by atoms with Crippen LogP contribution in [0.2, 0.25) is 0 Å². The summed E-state index contributed by atoms with van der Waals surface area (Å²) in [5.41, 5.74) is 3.07. The van der Waals surface area contributed by atoms with Gasteiger partial charge in [0.1, 0.15) is 31.3 Å². The molecule has 1 unspecified atom stereocenters. The second-order valence-corrected chi connectivity index (χ2v) is 12.3. The number of anilines is 2. The highest BCUT2D eigenvalue weighted by molar-refractivity contribution is 5.54. The van der Waals surface area contributed by atoms with Crippen LogP contribution in [0.5, 0.6) is 5.75 Å². The predicted octanol–water partition coefficient (Wildman–Crippen LogP) is 3.91. The minimum atomic E-state index is -0.671. The summed E-state index contributed by atoms with van der Waals surface area (Å²) < 4.78 is 22.0. The standard InChI is InChI=1S/C33H42N8O4/c1-3-25(2)41-32(42)39(24-36-41)29-9-7-27(8-10-29)37-17-19-38(20-18-37)28-11-13-30(14-12-28)43-21-31-22-44-33(45-31,26-5-4-6-26)23-40-34-15-16-35-40/h7-16,24-26,31H,3-6,17-23H2,1-2H3/t25?,31-,33-/m1/s1. The normalized spacial score (nSPS) is 22.8. The highest BCUT2D eigenvalue weighted by atomic mass is 16.8. The highest BCUT2D eigenvalue weighted by Crippen LogP contribution is 2.43. The summed E-state index contributed by atoms with van der Waals surface area (Å²) in [6, 6.07) is 16.6. The molecule has 7 rings (SSSR count). The van der Waals surface area contributed by atoms with E-state index in [4.69, 9.17) is 14.2 Å². The van der Waals surface area contributed by atoms with Gasteiger partial charge in [0.2, 0.25) is 0 Å². The minimum absolute atomic E-state index is 0.0778. The minimum Gasteiger partial charge on any atom is -0.491 e. The van der Waals surface area contributed by atoms with Gasteiger partial charge in [-0.1, -0.05) is 13.3 Å². The molecule has 3 atom stereocenters. The van der Waals surface area contributed by atoms with E-state index < -0.39 is 5.79 Å². The van der Waals surface area contributed by atoms with E-state index in [1.54, 1.807) is 32.8 Å². The molecule has 2 saturated heterocycles. The summed E-state index contributed by atoms with van der Waals surface area (Å²) in [7, 11) is 0. The average molecular weight is 615 g/mol. The van der Waals surface area contributed by atoms with Gasteiger partial charge in [0.15, 0.2) is 5.79 Å². The lowest BCUT2D eigenvalue weighted by Crippen LogP contribution is -2.47. The molecule has 0 N–H and O–H groups in total. The lowest BCUT2D eigenvalue weighted by Gasteiger charge is -2.40. The fourth-order valence-corrected chi connectivity index (χ4v) is 6.42. The van der Waals surface area contributed by atoms with Gasteiger partial charge in [0.05, 0.1) is 30.7 Å². The number of hydrogen-bond acceptors (Lipinski definition) is 9. The molecule has 2 aromatic carbocycles. The molecular weight excluding hydrogens is 572 g/mol. The van der Waals surface area contributed by atoms with Crippen LogP contribution < -0.4 is 20.2 Å². The van der Waals surface area contributed by atoms with Gasteiger partial charge in [-0.05, 0) is 74.7 Å². The zero-order valence-electron chi connectivity index (χ0n) is 26.1. The number of benzene rings is 2. The highest BCUT2D eigenvalue weighted by Gasteiger charge is 2.51. The van der Waals surface area contributed by atoms with Gasteiger partial charge in [0, 0.05) is 43.5 Å². The predicted molar refractivity (Wildman–Crippen MR) is 170 cm³/mol. The monoisotopic (exact) mass is 614 g/mol. The quantitative estimate of drug-likeness (QED) is 0.249. The molecule has 45 heavy (non-hydrogen) atoms. The first-order chi connectivity index (χ1) is 22.0. The number of nitrogens with zero attached hydrogens (tertiary/aromatic N) is 8. The summed E-state index contributed by atoms with van der Waals surface area (Å²) in [6.45, 7) is 9.18. The molecule has 0 bridgehead atoms. The van der Waals surface area contributed by atoms with Crippen molar-refractivity contribution in [1.82, 2.24) is 29.3 Å². The zero-order valence-corrected chi connectivity index (χ0v) is 26.1. The zero-order chi connectivity index (χ0) is 30.8. The molecule has 4 aromatic rings. The number of rotatable bonds is 11. The van der Waals surface area contributed by atoms with Crippen LogP contribution in [0.1, 0.15) is 45.6 Å². The van der Waals surface area contributed by atoms with Crippen molar-refractivity contribution in [2.24, 2.45) is 5.92 Å².